The lowest BCUT2D eigenvalue weighted by atomic mass is 10.3. The molecule has 0 aliphatic rings. The molecule has 0 aliphatic heterocycles. The molecule has 0 atom stereocenters. The van der Waals surface area contributed by atoms with Crippen molar-refractivity contribution < 1.29 is 14.6 Å². The molecule has 2 N–H and O–H groups in total. The van der Waals surface area contributed by atoms with E-state index in [0.717, 1.165) is 0 Å². The van der Waals surface area contributed by atoms with Crippen molar-refractivity contribution in [3.8, 4) is 5.75 Å². The lowest BCUT2D eigenvalue weighted by Gasteiger charge is -2.03. The molecule has 0 aromatic heterocycles. The van der Waals surface area contributed by atoms with Crippen LogP contribution in [0.1, 0.15) is 6.42 Å². The van der Waals surface area contributed by atoms with E-state index < -0.39 is 5.97 Å². The molecule has 0 unspecified atom stereocenters. The van der Waals surface area contributed by atoms with Crippen LogP contribution < -0.4 is 10.5 Å². The number of benzene rings is 1. The molecule has 0 aliphatic carbocycles. The third-order valence-electron chi connectivity index (χ3n) is 1.44. The number of rotatable bonds is 4. The number of nitrogens with one attached hydrogen (secondary N) is 1. The van der Waals surface area contributed by atoms with Gasteiger partial charge in [-0.25, -0.2) is 0 Å². The Morgan fingerprint density at radius 2 is 2.00 bits per heavy atom. The Labute approximate surface area is 75.9 Å². The molecule has 0 saturated heterocycles. The van der Waals surface area contributed by atoms with E-state index in [0.29, 0.717) is 11.4 Å². The molecular formula is C9H10NO3. The van der Waals surface area contributed by atoms with Crippen molar-refractivity contribution in [1.82, 2.24) is 5.73 Å². The maximum Gasteiger partial charge on any atom is 0.306 e. The van der Waals surface area contributed by atoms with E-state index in [1.165, 1.54) is 0 Å². The molecular weight excluding hydrogens is 170 g/mol. The zero-order valence-corrected chi connectivity index (χ0v) is 6.99. The molecule has 0 amide bonds. The topological polar surface area (TPSA) is 70.3 Å². The second kappa shape index (κ2) is 4.35. The molecule has 0 spiro atoms. The Balaban J connectivity index is 2.37. The lowest BCUT2D eigenvalue weighted by molar-refractivity contribution is -0.137. The number of carbonyl (C=O) groups is 1. The van der Waals surface area contributed by atoms with Crippen LogP contribution in [0.3, 0.4) is 0 Å². The molecule has 0 heterocycles. The minimum Gasteiger partial charge on any atom is -0.493 e. The van der Waals surface area contributed by atoms with E-state index in [2.05, 4.69) is 0 Å². The maximum absolute atomic E-state index is 10.1. The zero-order valence-electron chi connectivity index (χ0n) is 6.99. The smallest absolute Gasteiger partial charge is 0.306 e. The van der Waals surface area contributed by atoms with Crippen molar-refractivity contribution in [2.45, 2.75) is 6.42 Å². The van der Waals surface area contributed by atoms with Gasteiger partial charge in [0.2, 0.25) is 0 Å². The third kappa shape index (κ3) is 3.46. The predicted octanol–water partition coefficient (Wildman–Crippen LogP) is 1.45. The van der Waals surface area contributed by atoms with Gasteiger partial charge in [-0.2, -0.15) is 0 Å². The molecule has 1 aromatic carbocycles. The summed E-state index contributed by atoms with van der Waals surface area (Å²) in [4.78, 5) is 10.1. The normalized spacial score (nSPS) is 9.54. The van der Waals surface area contributed by atoms with Crippen molar-refractivity contribution >= 4 is 11.7 Å². The first-order chi connectivity index (χ1) is 6.18. The van der Waals surface area contributed by atoms with Crippen LogP contribution in [0.25, 0.3) is 0 Å². The van der Waals surface area contributed by atoms with Crippen LogP contribution in [-0.2, 0) is 4.79 Å². The van der Waals surface area contributed by atoms with Crippen LogP contribution in [0, 0.1) is 0 Å². The van der Waals surface area contributed by atoms with Crippen molar-refractivity contribution in [1.29, 1.82) is 0 Å². The van der Waals surface area contributed by atoms with E-state index in [9.17, 15) is 4.79 Å². The molecule has 13 heavy (non-hydrogen) atoms. The Morgan fingerprint density at radius 1 is 1.38 bits per heavy atom. The van der Waals surface area contributed by atoms with Crippen LogP contribution in [0.15, 0.2) is 24.3 Å². The fourth-order valence-electron chi connectivity index (χ4n) is 0.807. The highest BCUT2D eigenvalue weighted by atomic mass is 16.5. The fourth-order valence-corrected chi connectivity index (χ4v) is 0.807. The second-order valence-corrected chi connectivity index (χ2v) is 2.52. The first-order valence-electron chi connectivity index (χ1n) is 3.85. The van der Waals surface area contributed by atoms with E-state index in [-0.39, 0.29) is 13.0 Å². The van der Waals surface area contributed by atoms with Gasteiger partial charge in [0.25, 0.3) is 0 Å². The number of carboxylic acids is 1. The molecule has 1 aromatic rings. The van der Waals surface area contributed by atoms with Gasteiger partial charge in [-0.15, -0.1) is 0 Å². The average Bonchev–Trinajstić information content (AvgIpc) is 2.08. The largest absolute Gasteiger partial charge is 0.493 e. The molecule has 0 saturated carbocycles. The summed E-state index contributed by atoms with van der Waals surface area (Å²) in [5.74, 6) is -0.283. The van der Waals surface area contributed by atoms with Gasteiger partial charge < -0.3 is 15.6 Å². The van der Waals surface area contributed by atoms with Gasteiger partial charge in [0.1, 0.15) is 5.75 Å². The van der Waals surface area contributed by atoms with Gasteiger partial charge in [0.05, 0.1) is 18.7 Å². The minimum absolute atomic E-state index is 0.0113. The van der Waals surface area contributed by atoms with E-state index >= 15 is 0 Å². The van der Waals surface area contributed by atoms with Crippen LogP contribution in [-0.4, -0.2) is 17.7 Å². The maximum atomic E-state index is 10.1. The summed E-state index contributed by atoms with van der Waals surface area (Å²) < 4.78 is 5.11. The van der Waals surface area contributed by atoms with Gasteiger partial charge in [0.15, 0.2) is 0 Å². The van der Waals surface area contributed by atoms with Crippen LogP contribution in [0.4, 0.5) is 5.69 Å². The van der Waals surface area contributed by atoms with Gasteiger partial charge in [-0.05, 0) is 24.3 Å². The van der Waals surface area contributed by atoms with Gasteiger partial charge in [-0.1, -0.05) is 0 Å². The number of hydrogen-bond acceptors (Lipinski definition) is 2. The fraction of sp³-hybridized carbons (Fsp3) is 0.222. The standard InChI is InChI=1S/C9H10NO3/c10-7-1-3-8(4-2-7)13-6-5-9(11)12/h1-4,10H,5-6H2,(H,11,12). The first-order valence-corrected chi connectivity index (χ1v) is 3.85. The number of aliphatic carboxylic acids is 1. The van der Waals surface area contributed by atoms with Crippen molar-refractivity contribution in [2.24, 2.45) is 0 Å². The van der Waals surface area contributed by atoms with E-state index in [1.807, 2.05) is 0 Å². The molecule has 69 valence electrons. The van der Waals surface area contributed by atoms with Crippen LogP contribution in [0.2, 0.25) is 0 Å². The highest BCUT2D eigenvalue weighted by molar-refractivity contribution is 5.66. The van der Waals surface area contributed by atoms with Crippen LogP contribution >= 0.6 is 0 Å². The number of hydrogen-bond donors (Lipinski definition) is 1. The molecule has 0 fully saturated rings. The minimum atomic E-state index is -0.878. The average molecular weight is 180 g/mol. The number of carboxylic acid groups (broad SMARTS) is 1. The monoisotopic (exact) mass is 180 g/mol. The Morgan fingerprint density at radius 3 is 2.54 bits per heavy atom. The van der Waals surface area contributed by atoms with Crippen LogP contribution in [0.5, 0.6) is 5.75 Å². The zero-order chi connectivity index (χ0) is 9.68. The quantitative estimate of drug-likeness (QED) is 0.762. The van der Waals surface area contributed by atoms with E-state index in [4.69, 9.17) is 15.6 Å². The molecule has 4 nitrogen and oxygen atoms in total. The molecule has 4 heteroatoms. The summed E-state index contributed by atoms with van der Waals surface area (Å²) in [6.45, 7) is 0.159. The SMILES string of the molecule is [NH]c1ccc(OCCC(=O)O)cc1. The summed E-state index contributed by atoms with van der Waals surface area (Å²) >= 11 is 0. The van der Waals surface area contributed by atoms with Crippen molar-refractivity contribution in [2.75, 3.05) is 6.61 Å². The summed E-state index contributed by atoms with van der Waals surface area (Å²) in [6.07, 6.45) is -0.0113. The summed E-state index contributed by atoms with van der Waals surface area (Å²) in [6, 6.07) is 6.47. The highest BCUT2D eigenvalue weighted by Gasteiger charge is 1.97. The second-order valence-electron chi connectivity index (χ2n) is 2.52. The highest BCUT2D eigenvalue weighted by Crippen LogP contribution is 2.13. The summed E-state index contributed by atoms with van der Waals surface area (Å²) in [5, 5.41) is 8.33. The lowest BCUT2D eigenvalue weighted by Crippen LogP contribution is -2.04. The van der Waals surface area contributed by atoms with Crippen molar-refractivity contribution in [3.05, 3.63) is 24.3 Å². The van der Waals surface area contributed by atoms with Gasteiger partial charge in [0, 0.05) is 0 Å². The third-order valence-corrected chi connectivity index (χ3v) is 1.44. The van der Waals surface area contributed by atoms with Gasteiger partial charge >= 0.3 is 5.97 Å². The summed E-state index contributed by atoms with van der Waals surface area (Å²) in [7, 11) is 0. The molecule has 1 rings (SSSR count). The van der Waals surface area contributed by atoms with Gasteiger partial charge in [-0.3, -0.25) is 4.79 Å². The predicted molar refractivity (Wildman–Crippen MR) is 46.9 cm³/mol. The molecule has 1 radical (unpaired) electrons. The van der Waals surface area contributed by atoms with E-state index in [1.54, 1.807) is 24.3 Å². The number of ether oxygens (including phenoxy) is 1. The molecule has 0 bridgehead atoms. The summed E-state index contributed by atoms with van der Waals surface area (Å²) in [5.41, 5.74) is 7.60. The Hall–Kier alpha value is -1.71. The first kappa shape index (κ1) is 9.38. The van der Waals surface area contributed by atoms with Crippen molar-refractivity contribution in [3.63, 3.8) is 0 Å². The Kier molecular flexibility index (Phi) is 3.14. The Bertz CT molecular complexity index is 281.